The number of ether oxygens (including phenoxy) is 3. The van der Waals surface area contributed by atoms with Crippen molar-refractivity contribution in [3.05, 3.63) is 126 Å². The number of nitrogens with one attached hydrogen (secondary N) is 4. The van der Waals surface area contributed by atoms with Gasteiger partial charge in [-0.15, -0.1) is 22.7 Å². The van der Waals surface area contributed by atoms with Gasteiger partial charge in [0.25, 0.3) is 26.0 Å². The molecular formula is C58H66N10O12S4. The summed E-state index contributed by atoms with van der Waals surface area (Å²) < 4.78 is 79.3. The first-order valence-electron chi connectivity index (χ1n) is 26.7. The van der Waals surface area contributed by atoms with Crippen molar-refractivity contribution in [2.24, 2.45) is 0 Å². The topological polar surface area (TPSA) is 278 Å². The van der Waals surface area contributed by atoms with Crippen LogP contribution in [-0.4, -0.2) is 183 Å². The Morgan fingerprint density at radius 1 is 0.667 bits per heavy atom. The third kappa shape index (κ3) is 14.2. The standard InChI is InChI=1S/C58H66N10O12S4/c1-65(2)48-17-7-15-43-41(48)13-9-19-51(43)83(74,75)63-39-12-6-11-37(31-39)46-35-82-58(59-46)62-56(73)54(80-34-40(71)33-70)53(68-25-23-67(24-26-68)27-28-69)55(72)61-57-60-47(36-81-57)38-21-22-50(79-30-29-78-5)45(32-38)64-84(76,77)52-20-10-14-42-44(52)16-8-18-49(42)66(3)4/h6-22,31-32,35-36,40,53-54,63-64,69-71H,23-30,33-34H2,1-5H3,(H,59,62,73)(H,60,61,72). The lowest BCUT2D eigenvalue weighted by Gasteiger charge is -2.40. The fourth-order valence-electron chi connectivity index (χ4n) is 9.82. The second-order valence-corrected chi connectivity index (χ2v) is 25.1. The monoisotopic (exact) mass is 1220 g/mol. The third-order valence-electron chi connectivity index (χ3n) is 13.9. The summed E-state index contributed by atoms with van der Waals surface area (Å²) in [5.41, 5.74) is 3.88. The quantitative estimate of drug-likeness (QED) is 0.0293. The van der Waals surface area contributed by atoms with Crippen molar-refractivity contribution in [1.82, 2.24) is 19.8 Å². The molecule has 0 saturated carbocycles. The van der Waals surface area contributed by atoms with Gasteiger partial charge in [-0.25, -0.2) is 26.8 Å². The number of aromatic nitrogens is 2. The molecule has 22 nitrogen and oxygen atoms in total. The number of β-amino-alcohol motifs (C(OH)–C–C–N with tert-alkyl or cyclic N) is 1. The Kier molecular flexibility index (Phi) is 19.8. The molecule has 0 radical (unpaired) electrons. The molecule has 3 heterocycles. The van der Waals surface area contributed by atoms with Crippen LogP contribution in [0.1, 0.15) is 0 Å². The van der Waals surface area contributed by atoms with Gasteiger partial charge in [-0.2, -0.15) is 0 Å². The number of methoxy groups -OCH3 is 1. The molecule has 0 bridgehead atoms. The van der Waals surface area contributed by atoms with Crippen LogP contribution < -0.4 is 34.6 Å². The van der Waals surface area contributed by atoms with Crippen LogP contribution in [-0.2, 0) is 39.1 Å². The molecule has 1 aliphatic heterocycles. The van der Waals surface area contributed by atoms with Crippen LogP contribution in [0, 0.1) is 0 Å². The number of nitrogens with zero attached hydrogens (tertiary/aromatic N) is 6. The molecule has 6 aromatic carbocycles. The fraction of sp³-hybridized carbons (Fsp3) is 0.310. The summed E-state index contributed by atoms with van der Waals surface area (Å²) in [6, 6.07) is 31.4. The Balaban J connectivity index is 0.966. The highest BCUT2D eigenvalue weighted by molar-refractivity contribution is 7.93. The van der Waals surface area contributed by atoms with Crippen molar-refractivity contribution in [3.63, 3.8) is 0 Å². The summed E-state index contributed by atoms with van der Waals surface area (Å²) in [5, 5.41) is 41.9. The van der Waals surface area contributed by atoms with Crippen molar-refractivity contribution in [1.29, 1.82) is 0 Å². The number of carbonyl (C=O) groups excluding carboxylic acids is 2. The van der Waals surface area contributed by atoms with Gasteiger partial charge in [-0.1, -0.05) is 60.7 Å². The molecule has 1 aliphatic rings. The number of fused-ring (bicyclic) bond motifs is 2. The van der Waals surface area contributed by atoms with E-state index in [-0.39, 0.29) is 70.1 Å². The smallest absolute Gasteiger partial charge is 0.262 e. The lowest BCUT2D eigenvalue weighted by Crippen LogP contribution is -2.61. The summed E-state index contributed by atoms with van der Waals surface area (Å²) in [7, 11) is 0.759. The number of hydrogen-bond donors (Lipinski definition) is 7. The summed E-state index contributed by atoms with van der Waals surface area (Å²) in [4.78, 5) is 46.7. The minimum atomic E-state index is -4.23. The summed E-state index contributed by atoms with van der Waals surface area (Å²) >= 11 is 2.16. The average Bonchev–Trinajstić information content (AvgIpc) is 2.57. The predicted octanol–water partition coefficient (Wildman–Crippen LogP) is 6.29. The number of thiazole rings is 2. The zero-order valence-electron chi connectivity index (χ0n) is 46.8. The third-order valence-corrected chi connectivity index (χ3v) is 18.3. The van der Waals surface area contributed by atoms with Crippen LogP contribution in [0.5, 0.6) is 5.75 Å². The largest absolute Gasteiger partial charge is 0.489 e. The van der Waals surface area contributed by atoms with Crippen LogP contribution >= 0.6 is 22.7 Å². The van der Waals surface area contributed by atoms with Gasteiger partial charge in [0, 0.05) is 129 Å². The maximum Gasteiger partial charge on any atom is 0.262 e. The number of aliphatic hydroxyl groups is 3. The van der Waals surface area contributed by atoms with E-state index >= 15 is 0 Å². The van der Waals surface area contributed by atoms with Crippen molar-refractivity contribution in [2.45, 2.75) is 28.0 Å². The predicted molar refractivity (Wildman–Crippen MR) is 330 cm³/mol. The van der Waals surface area contributed by atoms with E-state index in [0.717, 1.165) is 44.8 Å². The van der Waals surface area contributed by atoms with Gasteiger partial charge < -0.3 is 44.6 Å². The fourth-order valence-corrected chi connectivity index (χ4v) is 13.8. The molecule has 84 heavy (non-hydrogen) atoms. The number of carbonyl (C=O) groups is 2. The van der Waals surface area contributed by atoms with E-state index in [1.54, 1.807) is 94.5 Å². The number of hydrogen-bond acceptors (Lipinski definition) is 20. The van der Waals surface area contributed by atoms with Crippen molar-refractivity contribution < 1.29 is 56.0 Å². The molecule has 444 valence electrons. The number of benzene rings is 6. The molecule has 8 aromatic rings. The van der Waals surface area contributed by atoms with Gasteiger partial charge in [0.2, 0.25) is 5.91 Å². The second-order valence-electron chi connectivity index (χ2n) is 20.1. The first-order chi connectivity index (χ1) is 40.4. The lowest BCUT2D eigenvalue weighted by molar-refractivity contribution is -0.145. The SMILES string of the molecule is COCCOc1ccc(-c2csc(NC(=O)C(C(OCC(O)CO)C(=O)Nc3nc(-c4cccc(NS(=O)(=O)c5cccc6c(N(C)C)cccc56)c4)cs3)N3CCN(CCO)CC3)n2)cc1NS(=O)(=O)c1cccc2c(N(C)C)cccc12. The molecule has 7 N–H and O–H groups in total. The molecule has 9 rings (SSSR count). The molecular weight excluding hydrogens is 1160 g/mol. The molecule has 26 heteroatoms. The molecule has 0 spiro atoms. The molecule has 1 fully saturated rings. The van der Waals surface area contributed by atoms with Crippen molar-refractivity contribution in [2.75, 3.05) is 131 Å². The maximum absolute atomic E-state index is 14.9. The number of anilines is 6. The highest BCUT2D eigenvalue weighted by Gasteiger charge is 2.41. The minimum Gasteiger partial charge on any atom is -0.489 e. The summed E-state index contributed by atoms with van der Waals surface area (Å²) in [6.07, 6.45) is -3.02. The van der Waals surface area contributed by atoms with Crippen LogP contribution in [0.4, 0.5) is 33.0 Å². The van der Waals surface area contributed by atoms with Gasteiger partial charge in [0.15, 0.2) is 16.4 Å². The zero-order chi connectivity index (χ0) is 59.7. The number of piperazine rings is 1. The molecule has 1 saturated heterocycles. The molecule has 3 atom stereocenters. The Morgan fingerprint density at radius 3 is 1.79 bits per heavy atom. The number of sulfonamides is 2. The Labute approximate surface area is 495 Å². The Bertz CT molecular complexity index is 3860. The number of amides is 2. The first kappa shape index (κ1) is 61.2. The first-order valence-corrected chi connectivity index (χ1v) is 31.4. The number of rotatable bonds is 26. The van der Waals surface area contributed by atoms with Crippen LogP contribution in [0.15, 0.2) is 136 Å². The molecule has 3 unspecified atom stereocenters. The van der Waals surface area contributed by atoms with Crippen molar-refractivity contribution >= 4 is 109 Å². The average molecular weight is 1220 g/mol. The molecule has 2 aromatic heterocycles. The highest BCUT2D eigenvalue weighted by atomic mass is 32.2. The normalized spacial score (nSPS) is 14.4. The van der Waals surface area contributed by atoms with E-state index in [9.17, 15) is 41.7 Å². The Hall–Kier alpha value is -7.34. The second kappa shape index (κ2) is 27.1. The molecule has 0 aliphatic carbocycles. The molecule has 2 amide bonds. The van der Waals surface area contributed by atoms with Crippen LogP contribution in [0.25, 0.3) is 44.1 Å². The van der Waals surface area contributed by atoms with E-state index in [1.165, 1.54) is 13.2 Å². The van der Waals surface area contributed by atoms with Crippen LogP contribution in [0.3, 0.4) is 0 Å². The van der Waals surface area contributed by atoms with Gasteiger partial charge >= 0.3 is 0 Å². The minimum absolute atomic E-state index is 0.0569. The summed E-state index contributed by atoms with van der Waals surface area (Å²) in [5.74, 6) is -1.25. The maximum atomic E-state index is 14.9. The lowest BCUT2D eigenvalue weighted by atomic mass is 10.1. The van der Waals surface area contributed by atoms with Crippen LogP contribution in [0.2, 0.25) is 0 Å². The highest BCUT2D eigenvalue weighted by Crippen LogP contribution is 2.38. The van der Waals surface area contributed by atoms with E-state index in [4.69, 9.17) is 19.2 Å². The van der Waals surface area contributed by atoms with E-state index in [1.807, 2.05) is 73.2 Å². The number of aliphatic hydroxyl groups excluding tert-OH is 3. The summed E-state index contributed by atoms with van der Waals surface area (Å²) in [6.45, 7) is 0.838. The van der Waals surface area contributed by atoms with E-state index < -0.39 is 63.3 Å². The van der Waals surface area contributed by atoms with Gasteiger partial charge in [-0.05, 0) is 54.6 Å². The Morgan fingerprint density at radius 2 is 1.21 bits per heavy atom. The van der Waals surface area contributed by atoms with E-state index in [0.29, 0.717) is 52.9 Å². The van der Waals surface area contributed by atoms with Gasteiger partial charge in [-0.3, -0.25) is 34.1 Å². The van der Waals surface area contributed by atoms with Gasteiger partial charge in [0.1, 0.15) is 24.5 Å². The zero-order valence-corrected chi connectivity index (χ0v) is 50.0. The van der Waals surface area contributed by atoms with Crippen molar-refractivity contribution in [3.8, 4) is 28.3 Å². The van der Waals surface area contributed by atoms with E-state index in [2.05, 4.69) is 25.1 Å². The van der Waals surface area contributed by atoms with Gasteiger partial charge in [0.05, 0.1) is 53.3 Å².